The topological polar surface area (TPSA) is 98.5 Å². The molecule has 3 rings (SSSR count). The second-order valence-corrected chi connectivity index (χ2v) is 8.15. The summed E-state index contributed by atoms with van der Waals surface area (Å²) < 4.78 is 33.2. The van der Waals surface area contributed by atoms with Gasteiger partial charge in [-0.15, -0.1) is 0 Å². The highest BCUT2D eigenvalue weighted by Gasteiger charge is 2.39. The lowest BCUT2D eigenvalue weighted by Gasteiger charge is -2.42. The number of ether oxygens (including phenoxy) is 1. The maximum Gasteiger partial charge on any atom is 0.273 e. The summed E-state index contributed by atoms with van der Waals surface area (Å²) in [6.07, 6.45) is 2.88. The number of nitrogens with one attached hydrogen (secondary N) is 1. The van der Waals surface area contributed by atoms with Gasteiger partial charge >= 0.3 is 0 Å². The molecule has 1 N–H and O–H groups in total. The summed E-state index contributed by atoms with van der Waals surface area (Å²) in [7, 11) is -2.57. The van der Waals surface area contributed by atoms with Gasteiger partial charge in [0, 0.05) is 18.0 Å². The fourth-order valence-electron chi connectivity index (χ4n) is 3.27. The zero-order chi connectivity index (χ0) is 18.8. The van der Waals surface area contributed by atoms with Crippen LogP contribution in [0.25, 0.3) is 0 Å². The van der Waals surface area contributed by atoms with Crippen molar-refractivity contribution < 1.29 is 18.1 Å². The van der Waals surface area contributed by atoms with E-state index in [1.54, 1.807) is 0 Å². The quantitative estimate of drug-likeness (QED) is 0.592. The molecule has 138 valence electrons. The van der Waals surface area contributed by atoms with Crippen molar-refractivity contribution in [3.8, 4) is 5.75 Å². The number of nitro groups is 1. The Morgan fingerprint density at radius 1 is 1.19 bits per heavy atom. The van der Waals surface area contributed by atoms with Gasteiger partial charge in [-0.2, -0.15) is 0 Å². The number of hydrogen-bond donors (Lipinski definition) is 1. The minimum absolute atomic E-state index is 0.0472. The molecule has 2 aromatic rings. The van der Waals surface area contributed by atoms with Crippen LogP contribution in [0.15, 0.2) is 53.4 Å². The van der Waals surface area contributed by atoms with Gasteiger partial charge in [0.05, 0.1) is 18.1 Å². The molecule has 1 aliphatic carbocycles. The van der Waals surface area contributed by atoms with Gasteiger partial charge in [0.25, 0.3) is 5.69 Å². The Morgan fingerprint density at radius 3 is 2.42 bits per heavy atom. The number of non-ortho nitro benzene ring substituents is 1. The first-order valence-corrected chi connectivity index (χ1v) is 9.74. The van der Waals surface area contributed by atoms with E-state index < -0.39 is 14.9 Å². The molecule has 7 nitrogen and oxygen atoms in total. The van der Waals surface area contributed by atoms with Crippen LogP contribution in [-0.4, -0.2) is 27.0 Å². The Balaban J connectivity index is 1.84. The van der Waals surface area contributed by atoms with Gasteiger partial charge in [-0.3, -0.25) is 10.1 Å². The Bertz CT molecular complexity index is 908. The molecule has 0 bridgehead atoms. The maximum absolute atomic E-state index is 12.8. The molecule has 1 saturated carbocycles. The monoisotopic (exact) mass is 376 g/mol. The second kappa shape index (κ2) is 7.05. The van der Waals surface area contributed by atoms with E-state index in [9.17, 15) is 18.5 Å². The highest BCUT2D eigenvalue weighted by Crippen LogP contribution is 2.43. The van der Waals surface area contributed by atoms with Crippen LogP contribution in [0.5, 0.6) is 5.75 Å². The molecule has 8 heteroatoms. The fraction of sp³-hybridized carbons (Fsp3) is 0.333. The van der Waals surface area contributed by atoms with Gasteiger partial charge in [0.1, 0.15) is 10.6 Å². The van der Waals surface area contributed by atoms with E-state index >= 15 is 0 Å². The summed E-state index contributed by atoms with van der Waals surface area (Å²) >= 11 is 0. The van der Waals surface area contributed by atoms with E-state index in [2.05, 4.69) is 4.72 Å². The van der Waals surface area contributed by atoms with Crippen LogP contribution >= 0.6 is 0 Å². The molecular formula is C18H20N2O5S. The molecule has 0 aliphatic heterocycles. The highest BCUT2D eigenvalue weighted by atomic mass is 32.2. The van der Waals surface area contributed by atoms with Crippen LogP contribution in [0.1, 0.15) is 24.8 Å². The normalized spacial score (nSPS) is 15.9. The van der Waals surface area contributed by atoms with Crippen molar-refractivity contribution in [2.45, 2.75) is 29.6 Å². The molecular weight excluding hydrogens is 356 g/mol. The second-order valence-electron chi connectivity index (χ2n) is 6.42. The average Bonchev–Trinajstić information content (AvgIpc) is 2.61. The van der Waals surface area contributed by atoms with E-state index in [-0.39, 0.29) is 28.3 Å². The largest absolute Gasteiger partial charge is 0.495 e. The average molecular weight is 376 g/mol. The van der Waals surface area contributed by atoms with Crippen LogP contribution < -0.4 is 9.46 Å². The summed E-state index contributed by atoms with van der Waals surface area (Å²) in [5.74, 6) is -0.0472. The van der Waals surface area contributed by atoms with Crippen LogP contribution in [0.4, 0.5) is 5.69 Å². The zero-order valence-electron chi connectivity index (χ0n) is 14.3. The van der Waals surface area contributed by atoms with Gasteiger partial charge in [-0.1, -0.05) is 36.8 Å². The molecule has 0 radical (unpaired) electrons. The molecule has 26 heavy (non-hydrogen) atoms. The number of methoxy groups -OCH3 is 1. The third-order valence-corrected chi connectivity index (χ3v) is 6.39. The van der Waals surface area contributed by atoms with Crippen LogP contribution in [0.3, 0.4) is 0 Å². The summed E-state index contributed by atoms with van der Waals surface area (Å²) in [5.41, 5.74) is 0.688. The first-order chi connectivity index (χ1) is 12.4. The minimum Gasteiger partial charge on any atom is -0.495 e. The van der Waals surface area contributed by atoms with E-state index in [1.165, 1.54) is 13.2 Å². The van der Waals surface area contributed by atoms with Crippen molar-refractivity contribution in [2.75, 3.05) is 13.7 Å². The summed E-state index contributed by atoms with van der Waals surface area (Å²) in [6.45, 7) is 0.277. The van der Waals surface area contributed by atoms with E-state index in [4.69, 9.17) is 4.74 Å². The molecule has 0 heterocycles. The van der Waals surface area contributed by atoms with Gasteiger partial charge in [0.2, 0.25) is 10.0 Å². The van der Waals surface area contributed by atoms with Gasteiger partial charge in [-0.25, -0.2) is 13.1 Å². The zero-order valence-corrected chi connectivity index (χ0v) is 15.2. The molecule has 1 aliphatic rings. The van der Waals surface area contributed by atoms with E-state index in [1.807, 2.05) is 30.3 Å². The molecule has 0 aromatic heterocycles. The minimum atomic E-state index is -3.86. The maximum atomic E-state index is 12.8. The SMILES string of the molecule is COc1cc([N+](=O)[O-])ccc1S(=O)(=O)NCC1(c2ccccc2)CCC1. The molecule has 0 spiro atoms. The number of sulfonamides is 1. The first kappa shape index (κ1) is 18.3. The molecule has 2 aromatic carbocycles. The predicted molar refractivity (Wildman–Crippen MR) is 96.8 cm³/mol. The van der Waals surface area contributed by atoms with E-state index in [0.29, 0.717) is 0 Å². The lowest BCUT2D eigenvalue weighted by atomic mass is 9.64. The van der Waals surface area contributed by atoms with Crippen molar-refractivity contribution in [3.63, 3.8) is 0 Å². The Labute approximate surface area is 152 Å². The number of benzene rings is 2. The van der Waals surface area contributed by atoms with Gasteiger partial charge < -0.3 is 4.74 Å². The third-order valence-electron chi connectivity index (χ3n) is 4.94. The van der Waals surface area contributed by atoms with Crippen molar-refractivity contribution in [1.82, 2.24) is 4.72 Å². The third kappa shape index (κ3) is 3.42. The summed E-state index contributed by atoms with van der Waals surface area (Å²) in [5, 5.41) is 10.9. The van der Waals surface area contributed by atoms with E-state index in [0.717, 1.165) is 37.0 Å². The Kier molecular flexibility index (Phi) is 4.97. The molecule has 0 amide bonds. The fourth-order valence-corrected chi connectivity index (χ4v) is 4.54. The van der Waals surface area contributed by atoms with Crippen molar-refractivity contribution in [1.29, 1.82) is 0 Å². The van der Waals surface area contributed by atoms with Crippen molar-refractivity contribution in [3.05, 3.63) is 64.2 Å². The molecule has 0 saturated heterocycles. The van der Waals surface area contributed by atoms with Gasteiger partial charge in [0.15, 0.2) is 0 Å². The predicted octanol–water partition coefficient (Wildman–Crippen LogP) is 3.00. The molecule has 0 unspecified atom stereocenters. The number of nitrogens with zero attached hydrogens (tertiary/aromatic N) is 1. The lowest BCUT2D eigenvalue weighted by molar-refractivity contribution is -0.385. The lowest BCUT2D eigenvalue weighted by Crippen LogP contribution is -2.45. The smallest absolute Gasteiger partial charge is 0.273 e. The summed E-state index contributed by atoms with van der Waals surface area (Å²) in [6, 6.07) is 13.3. The molecule has 1 fully saturated rings. The standard InChI is InChI=1S/C18H20N2O5S/c1-25-16-12-15(20(21)22)8-9-17(16)26(23,24)19-13-18(10-5-11-18)14-6-3-2-4-7-14/h2-4,6-9,12,19H,5,10-11,13H2,1H3. The Morgan fingerprint density at radius 2 is 1.88 bits per heavy atom. The number of hydrogen-bond acceptors (Lipinski definition) is 5. The number of nitro benzene ring substituents is 1. The van der Waals surface area contributed by atoms with Crippen LogP contribution in [-0.2, 0) is 15.4 Å². The number of rotatable bonds is 7. The first-order valence-electron chi connectivity index (χ1n) is 8.26. The van der Waals surface area contributed by atoms with Crippen molar-refractivity contribution in [2.24, 2.45) is 0 Å². The van der Waals surface area contributed by atoms with Gasteiger partial charge in [-0.05, 0) is 24.5 Å². The van der Waals surface area contributed by atoms with Crippen LogP contribution in [0, 0.1) is 10.1 Å². The van der Waals surface area contributed by atoms with Crippen LogP contribution in [0.2, 0.25) is 0 Å². The van der Waals surface area contributed by atoms with Crippen molar-refractivity contribution >= 4 is 15.7 Å². The molecule has 0 atom stereocenters. The Hall–Kier alpha value is -2.45. The highest BCUT2D eigenvalue weighted by molar-refractivity contribution is 7.89. The summed E-state index contributed by atoms with van der Waals surface area (Å²) in [4.78, 5) is 10.2.